The number of aromatic nitrogens is 2. The van der Waals surface area contributed by atoms with Gasteiger partial charge in [-0.2, -0.15) is 0 Å². The molecule has 2 aliphatic rings. The van der Waals surface area contributed by atoms with Gasteiger partial charge in [0.1, 0.15) is 5.82 Å². The molecule has 3 rings (SSSR count). The summed E-state index contributed by atoms with van der Waals surface area (Å²) in [6.07, 6.45) is 3.85. The summed E-state index contributed by atoms with van der Waals surface area (Å²) in [4.78, 5) is 25.5. The average molecular weight is 304 g/mol. The van der Waals surface area contributed by atoms with Crippen molar-refractivity contribution in [2.75, 3.05) is 31.1 Å². The van der Waals surface area contributed by atoms with E-state index < -0.39 is 0 Å². The number of likely N-dealkylation sites (tertiary alicyclic amines) is 1. The number of piperidine rings is 1. The zero-order valence-electron chi connectivity index (χ0n) is 13.3. The van der Waals surface area contributed by atoms with Crippen LogP contribution in [-0.4, -0.2) is 58.2 Å². The van der Waals surface area contributed by atoms with Crippen LogP contribution in [0.1, 0.15) is 30.7 Å². The van der Waals surface area contributed by atoms with Crippen molar-refractivity contribution in [1.82, 2.24) is 14.9 Å². The summed E-state index contributed by atoms with van der Waals surface area (Å²) < 4.78 is 0. The lowest BCUT2D eigenvalue weighted by Gasteiger charge is -2.34. The summed E-state index contributed by atoms with van der Waals surface area (Å²) in [6.45, 7) is 6.80. The van der Waals surface area contributed by atoms with Crippen molar-refractivity contribution in [2.24, 2.45) is 5.92 Å². The topological polar surface area (TPSA) is 69.6 Å². The number of anilines is 1. The van der Waals surface area contributed by atoms with Gasteiger partial charge < -0.3 is 14.9 Å². The predicted octanol–water partition coefficient (Wildman–Crippen LogP) is 0.903. The fourth-order valence-electron chi connectivity index (χ4n) is 3.36. The molecule has 1 amide bonds. The lowest BCUT2D eigenvalue weighted by atomic mass is 9.95. The van der Waals surface area contributed by atoms with E-state index in [-0.39, 0.29) is 17.9 Å². The molecule has 0 saturated carbocycles. The molecule has 1 atom stereocenters. The van der Waals surface area contributed by atoms with E-state index in [1.807, 2.05) is 18.7 Å². The molecule has 1 aromatic heterocycles. The first-order valence-electron chi connectivity index (χ1n) is 8.06. The minimum Gasteiger partial charge on any atom is -0.391 e. The molecule has 1 N–H and O–H groups in total. The highest BCUT2D eigenvalue weighted by atomic mass is 16.3. The van der Waals surface area contributed by atoms with Crippen LogP contribution in [0.3, 0.4) is 0 Å². The minimum atomic E-state index is -0.339. The van der Waals surface area contributed by atoms with Gasteiger partial charge in [-0.1, -0.05) is 0 Å². The Morgan fingerprint density at radius 1 is 1.23 bits per heavy atom. The lowest BCUT2D eigenvalue weighted by Crippen LogP contribution is -2.42. The van der Waals surface area contributed by atoms with Crippen LogP contribution in [0.2, 0.25) is 0 Å². The fourth-order valence-corrected chi connectivity index (χ4v) is 3.36. The number of rotatable bonds is 2. The maximum Gasteiger partial charge on any atom is 0.225 e. The standard InChI is InChI=1S/C16H24N4O2/c1-11-9-17-12(2)15(18-11)19-6-3-13(4-7-19)16(22)20-8-5-14(21)10-20/h9,13-14,21H,3-8,10H2,1-2H3. The molecule has 2 fully saturated rings. The van der Waals surface area contributed by atoms with Gasteiger partial charge in [0.2, 0.25) is 5.91 Å². The molecule has 6 heteroatoms. The first-order chi connectivity index (χ1) is 10.5. The van der Waals surface area contributed by atoms with E-state index in [1.165, 1.54) is 0 Å². The van der Waals surface area contributed by atoms with Gasteiger partial charge >= 0.3 is 0 Å². The smallest absolute Gasteiger partial charge is 0.225 e. The van der Waals surface area contributed by atoms with E-state index in [9.17, 15) is 9.90 Å². The monoisotopic (exact) mass is 304 g/mol. The highest BCUT2D eigenvalue weighted by molar-refractivity contribution is 5.79. The number of aliphatic hydroxyl groups is 1. The van der Waals surface area contributed by atoms with Crippen molar-refractivity contribution in [3.8, 4) is 0 Å². The highest BCUT2D eigenvalue weighted by Gasteiger charge is 2.32. The van der Waals surface area contributed by atoms with Gasteiger partial charge in [-0.05, 0) is 33.1 Å². The molecule has 22 heavy (non-hydrogen) atoms. The molecule has 0 aromatic carbocycles. The van der Waals surface area contributed by atoms with E-state index in [2.05, 4.69) is 14.9 Å². The molecule has 3 heterocycles. The highest BCUT2D eigenvalue weighted by Crippen LogP contribution is 2.26. The quantitative estimate of drug-likeness (QED) is 0.879. The van der Waals surface area contributed by atoms with Gasteiger partial charge in [-0.15, -0.1) is 0 Å². The molecule has 2 aliphatic heterocycles. The number of nitrogens with zero attached hydrogens (tertiary/aromatic N) is 4. The molecule has 0 aliphatic carbocycles. The molecular formula is C16H24N4O2. The van der Waals surface area contributed by atoms with E-state index >= 15 is 0 Å². The zero-order chi connectivity index (χ0) is 15.7. The number of aryl methyl sites for hydroxylation is 2. The first-order valence-corrected chi connectivity index (χ1v) is 8.06. The number of amides is 1. The maximum atomic E-state index is 12.5. The summed E-state index contributed by atoms with van der Waals surface area (Å²) in [5.74, 6) is 1.24. The summed E-state index contributed by atoms with van der Waals surface area (Å²) in [5, 5.41) is 9.58. The molecule has 0 radical (unpaired) electrons. The number of hydrogen-bond acceptors (Lipinski definition) is 5. The molecule has 1 unspecified atom stereocenters. The van der Waals surface area contributed by atoms with Crippen molar-refractivity contribution >= 4 is 11.7 Å². The Kier molecular flexibility index (Phi) is 4.29. The van der Waals surface area contributed by atoms with Crippen LogP contribution >= 0.6 is 0 Å². The number of aliphatic hydroxyl groups excluding tert-OH is 1. The van der Waals surface area contributed by atoms with E-state index in [0.717, 1.165) is 43.1 Å². The Hall–Kier alpha value is -1.69. The Bertz CT molecular complexity index is 555. The third-order valence-electron chi connectivity index (χ3n) is 4.67. The lowest BCUT2D eigenvalue weighted by molar-refractivity contribution is -0.135. The Labute approximate surface area is 131 Å². The van der Waals surface area contributed by atoms with Gasteiger partial charge in [0.15, 0.2) is 0 Å². The van der Waals surface area contributed by atoms with Crippen LogP contribution in [0.25, 0.3) is 0 Å². The zero-order valence-corrected chi connectivity index (χ0v) is 13.3. The normalized spacial score (nSPS) is 23.1. The molecule has 0 spiro atoms. The Morgan fingerprint density at radius 2 is 1.95 bits per heavy atom. The second-order valence-corrected chi connectivity index (χ2v) is 6.41. The largest absolute Gasteiger partial charge is 0.391 e. The average Bonchev–Trinajstić information content (AvgIpc) is 2.96. The van der Waals surface area contributed by atoms with Crippen molar-refractivity contribution in [2.45, 2.75) is 39.2 Å². The number of carbonyl (C=O) groups excluding carboxylic acids is 1. The first kappa shape index (κ1) is 15.2. The van der Waals surface area contributed by atoms with Crippen LogP contribution in [0.15, 0.2) is 6.20 Å². The third-order valence-corrected chi connectivity index (χ3v) is 4.67. The van der Waals surface area contributed by atoms with Crippen LogP contribution in [0.5, 0.6) is 0 Å². The van der Waals surface area contributed by atoms with E-state index in [1.54, 1.807) is 6.20 Å². The van der Waals surface area contributed by atoms with Crippen molar-refractivity contribution in [3.05, 3.63) is 17.6 Å². The summed E-state index contributed by atoms with van der Waals surface area (Å²) in [5.41, 5.74) is 1.86. The molecule has 2 saturated heterocycles. The number of carbonyl (C=O) groups is 1. The van der Waals surface area contributed by atoms with E-state index in [0.29, 0.717) is 19.5 Å². The summed E-state index contributed by atoms with van der Waals surface area (Å²) in [6, 6.07) is 0. The van der Waals surface area contributed by atoms with Crippen LogP contribution < -0.4 is 4.90 Å². The van der Waals surface area contributed by atoms with Crippen LogP contribution in [-0.2, 0) is 4.79 Å². The van der Waals surface area contributed by atoms with Crippen molar-refractivity contribution in [3.63, 3.8) is 0 Å². The van der Waals surface area contributed by atoms with E-state index in [4.69, 9.17) is 0 Å². The van der Waals surface area contributed by atoms with Gasteiger partial charge in [-0.3, -0.25) is 9.78 Å². The van der Waals surface area contributed by atoms with Crippen molar-refractivity contribution < 1.29 is 9.90 Å². The van der Waals surface area contributed by atoms with Gasteiger partial charge in [0, 0.05) is 38.3 Å². The molecule has 1 aromatic rings. The summed E-state index contributed by atoms with van der Waals surface area (Å²) in [7, 11) is 0. The SMILES string of the molecule is Cc1cnc(C)c(N2CCC(C(=O)N3CCC(O)C3)CC2)n1. The second-order valence-electron chi connectivity index (χ2n) is 6.41. The van der Waals surface area contributed by atoms with Gasteiger partial charge in [-0.25, -0.2) is 4.98 Å². The molecule has 0 bridgehead atoms. The van der Waals surface area contributed by atoms with Gasteiger partial charge in [0.25, 0.3) is 0 Å². The van der Waals surface area contributed by atoms with Crippen LogP contribution in [0.4, 0.5) is 5.82 Å². The molecule has 6 nitrogen and oxygen atoms in total. The predicted molar refractivity (Wildman–Crippen MR) is 83.6 cm³/mol. The molecular weight excluding hydrogens is 280 g/mol. The minimum absolute atomic E-state index is 0.0830. The number of hydrogen-bond donors (Lipinski definition) is 1. The Balaban J connectivity index is 1.60. The summed E-state index contributed by atoms with van der Waals surface area (Å²) >= 11 is 0. The Morgan fingerprint density at radius 3 is 2.59 bits per heavy atom. The second kappa shape index (κ2) is 6.20. The van der Waals surface area contributed by atoms with Crippen LogP contribution in [0, 0.1) is 19.8 Å². The van der Waals surface area contributed by atoms with Crippen molar-refractivity contribution in [1.29, 1.82) is 0 Å². The fraction of sp³-hybridized carbons (Fsp3) is 0.688. The number of β-amino-alcohol motifs (C(OH)–C–C–N with tert-alkyl or cyclic N) is 1. The maximum absolute atomic E-state index is 12.5. The molecule has 120 valence electrons. The van der Waals surface area contributed by atoms with Gasteiger partial charge in [0.05, 0.1) is 17.5 Å². The third kappa shape index (κ3) is 3.06.